The number of ether oxygens (including phenoxy) is 1. The second-order valence-corrected chi connectivity index (χ2v) is 14.6. The lowest BCUT2D eigenvalue weighted by atomic mass is 9.79. The summed E-state index contributed by atoms with van der Waals surface area (Å²) in [6.07, 6.45) is 6.50. The van der Waals surface area contributed by atoms with Crippen molar-refractivity contribution in [3.63, 3.8) is 0 Å². The normalized spacial score (nSPS) is 23.1. The molecule has 3 aliphatic heterocycles. The number of hydrogen-bond acceptors (Lipinski definition) is 7. The van der Waals surface area contributed by atoms with Crippen molar-refractivity contribution in [3.05, 3.63) is 64.8 Å². The molecule has 0 bridgehead atoms. The molecule has 1 N–H and O–H groups in total. The van der Waals surface area contributed by atoms with E-state index in [-0.39, 0.29) is 35.9 Å². The van der Waals surface area contributed by atoms with Gasteiger partial charge < -0.3 is 29.1 Å². The fourth-order valence-corrected chi connectivity index (χ4v) is 7.39. The molecule has 0 aliphatic carbocycles. The first kappa shape index (κ1) is 32.2. The largest absolute Gasteiger partial charge is 0.444 e. The van der Waals surface area contributed by atoms with Crippen LogP contribution in [0.5, 0.6) is 0 Å². The summed E-state index contributed by atoms with van der Waals surface area (Å²) in [5, 5.41) is 12.2. The number of carbonyl (C=O) groups is 2. The van der Waals surface area contributed by atoms with Crippen LogP contribution in [0.2, 0.25) is 0 Å². The molecule has 0 spiro atoms. The van der Waals surface area contributed by atoms with Crippen molar-refractivity contribution in [2.24, 2.45) is 5.92 Å². The number of aliphatic hydroxyl groups is 1. The first-order valence-electron chi connectivity index (χ1n) is 16.7. The average molecular weight is 633 g/mol. The highest BCUT2D eigenvalue weighted by molar-refractivity contribution is 5.81. The Morgan fingerprint density at radius 1 is 0.978 bits per heavy atom. The Balaban J connectivity index is 1.11. The Bertz CT molecular complexity index is 1590. The van der Waals surface area contributed by atoms with Crippen LogP contribution >= 0.6 is 0 Å². The van der Waals surface area contributed by atoms with Crippen LogP contribution in [0.25, 0.3) is 11.0 Å². The van der Waals surface area contributed by atoms with Crippen LogP contribution in [0.1, 0.15) is 70.4 Å². The van der Waals surface area contributed by atoms with E-state index >= 15 is 0 Å². The molecule has 2 amide bonds. The zero-order valence-electron chi connectivity index (χ0n) is 27.6. The predicted octanol–water partition coefficient (Wildman–Crippen LogP) is 3.86. The average Bonchev–Trinajstić information content (AvgIpc) is 3.47. The van der Waals surface area contributed by atoms with Gasteiger partial charge in [-0.05, 0) is 84.6 Å². The van der Waals surface area contributed by atoms with Crippen molar-refractivity contribution in [2.45, 2.75) is 82.6 Å². The summed E-state index contributed by atoms with van der Waals surface area (Å²) in [6.45, 7) is 9.40. The third-order valence-electron chi connectivity index (χ3n) is 10.1. The van der Waals surface area contributed by atoms with E-state index in [2.05, 4.69) is 21.5 Å². The van der Waals surface area contributed by atoms with Gasteiger partial charge in [0.1, 0.15) is 17.6 Å². The highest BCUT2D eigenvalue weighted by Gasteiger charge is 2.42. The molecule has 0 unspecified atom stereocenters. The van der Waals surface area contributed by atoms with Crippen LogP contribution in [-0.4, -0.2) is 103 Å². The Morgan fingerprint density at radius 3 is 2.35 bits per heavy atom. The monoisotopic (exact) mass is 632 g/mol. The van der Waals surface area contributed by atoms with Gasteiger partial charge in [0, 0.05) is 50.3 Å². The predicted molar refractivity (Wildman–Crippen MR) is 176 cm³/mol. The minimum Gasteiger partial charge on any atom is -0.444 e. The molecule has 6 rings (SSSR count). The summed E-state index contributed by atoms with van der Waals surface area (Å²) < 4.78 is 9.30. The maximum Gasteiger partial charge on any atom is 0.410 e. The van der Waals surface area contributed by atoms with E-state index in [1.807, 2.05) is 68.3 Å². The van der Waals surface area contributed by atoms with Crippen LogP contribution in [-0.2, 0) is 16.1 Å². The van der Waals surface area contributed by atoms with Crippen LogP contribution in [0, 0.1) is 5.92 Å². The van der Waals surface area contributed by atoms with Crippen molar-refractivity contribution in [2.75, 3.05) is 46.3 Å². The van der Waals surface area contributed by atoms with Gasteiger partial charge in [0.05, 0.1) is 17.5 Å². The van der Waals surface area contributed by atoms with Crippen molar-refractivity contribution in [1.82, 2.24) is 28.8 Å². The SMILES string of the molecule is CN1CCC(n2ccc3c(=O)n(CC4(O)CCN(C(=O)[C@@H]5CCN(C(=O)OC(C)(C)C)C[C@H]5c5ccccc5)CC4)cnc32)CC1. The minimum absolute atomic E-state index is 0.0511. The van der Waals surface area contributed by atoms with E-state index in [4.69, 9.17) is 4.74 Å². The first-order valence-corrected chi connectivity index (χ1v) is 16.7. The molecule has 46 heavy (non-hydrogen) atoms. The summed E-state index contributed by atoms with van der Waals surface area (Å²) in [7, 11) is 2.13. The third-order valence-corrected chi connectivity index (χ3v) is 10.1. The highest BCUT2D eigenvalue weighted by Crippen LogP contribution is 2.36. The number of nitrogens with zero attached hydrogens (tertiary/aromatic N) is 6. The number of aromatic nitrogens is 3. The lowest BCUT2D eigenvalue weighted by molar-refractivity contribution is -0.142. The number of carbonyl (C=O) groups excluding carboxylic acids is 2. The van der Waals surface area contributed by atoms with Gasteiger partial charge in [0.25, 0.3) is 5.56 Å². The molecule has 3 fully saturated rings. The lowest BCUT2D eigenvalue weighted by Gasteiger charge is -2.43. The maximum absolute atomic E-state index is 14.0. The van der Waals surface area contributed by atoms with E-state index in [9.17, 15) is 19.5 Å². The molecule has 11 heteroatoms. The molecule has 2 atom stereocenters. The fourth-order valence-electron chi connectivity index (χ4n) is 7.39. The number of fused-ring (bicyclic) bond motifs is 1. The van der Waals surface area contributed by atoms with Crippen molar-refractivity contribution in [3.8, 4) is 0 Å². The van der Waals surface area contributed by atoms with Crippen molar-refractivity contribution >= 4 is 23.0 Å². The molecule has 0 radical (unpaired) electrons. The Kier molecular flexibility index (Phi) is 9.00. The molecule has 248 valence electrons. The second-order valence-electron chi connectivity index (χ2n) is 14.6. The molecule has 3 saturated heterocycles. The zero-order chi connectivity index (χ0) is 32.6. The number of rotatable bonds is 5. The molecule has 11 nitrogen and oxygen atoms in total. The van der Waals surface area contributed by atoms with Gasteiger partial charge >= 0.3 is 6.09 Å². The van der Waals surface area contributed by atoms with E-state index in [0.29, 0.717) is 62.5 Å². The molecule has 3 aromatic rings. The van der Waals surface area contributed by atoms with Gasteiger partial charge in [-0.2, -0.15) is 0 Å². The molecule has 3 aliphatic rings. The highest BCUT2D eigenvalue weighted by atomic mass is 16.6. The van der Waals surface area contributed by atoms with Gasteiger partial charge in [-0.1, -0.05) is 30.3 Å². The first-order chi connectivity index (χ1) is 21.9. The maximum atomic E-state index is 14.0. The molecular weight excluding hydrogens is 584 g/mol. The van der Waals surface area contributed by atoms with Gasteiger partial charge in [-0.15, -0.1) is 0 Å². The molecule has 1 aromatic carbocycles. The number of piperidine rings is 3. The Morgan fingerprint density at radius 2 is 1.67 bits per heavy atom. The minimum atomic E-state index is -1.12. The van der Waals surface area contributed by atoms with Gasteiger partial charge in [0.2, 0.25) is 5.91 Å². The van der Waals surface area contributed by atoms with Crippen LogP contribution in [0.4, 0.5) is 4.79 Å². The van der Waals surface area contributed by atoms with Crippen molar-refractivity contribution in [1.29, 1.82) is 0 Å². The third kappa shape index (κ3) is 6.85. The van der Waals surface area contributed by atoms with Crippen LogP contribution < -0.4 is 5.56 Å². The van der Waals surface area contributed by atoms with Gasteiger partial charge in [0.15, 0.2) is 0 Å². The number of likely N-dealkylation sites (tertiary alicyclic amines) is 3. The standard InChI is InChI=1S/C35H48N6O5/c1-34(2,3)46-33(44)39-18-12-27(29(22-39)25-8-6-5-7-9-25)31(42)38-20-14-35(45,15-21-38)23-40-24-36-30-28(32(40)43)13-19-41(30)26-10-16-37(4)17-11-26/h5-9,13,19,24,26-27,29,45H,10-12,14-18,20-23H2,1-4H3/t27-,29+/m1/s1. The molecule has 5 heterocycles. The number of amides is 2. The lowest BCUT2D eigenvalue weighted by Crippen LogP contribution is -2.53. The Labute approximate surface area is 270 Å². The smallest absolute Gasteiger partial charge is 0.410 e. The second kappa shape index (κ2) is 12.8. The topological polar surface area (TPSA) is 113 Å². The quantitative estimate of drug-likeness (QED) is 0.455. The van der Waals surface area contributed by atoms with Gasteiger partial charge in [-0.3, -0.25) is 14.2 Å². The number of hydrogen-bond donors (Lipinski definition) is 1. The van der Waals surface area contributed by atoms with Crippen molar-refractivity contribution < 1.29 is 19.4 Å². The molecule has 2 aromatic heterocycles. The molecule has 0 saturated carbocycles. The number of benzene rings is 1. The van der Waals surface area contributed by atoms with E-state index < -0.39 is 11.2 Å². The van der Waals surface area contributed by atoms with Crippen LogP contribution in [0.3, 0.4) is 0 Å². The summed E-state index contributed by atoms with van der Waals surface area (Å²) in [4.78, 5) is 51.0. The van der Waals surface area contributed by atoms with E-state index in [0.717, 1.165) is 31.5 Å². The summed E-state index contributed by atoms with van der Waals surface area (Å²) >= 11 is 0. The Hall–Kier alpha value is -3.70. The van der Waals surface area contributed by atoms with E-state index in [1.54, 1.807) is 11.2 Å². The van der Waals surface area contributed by atoms with Crippen LogP contribution in [0.15, 0.2) is 53.7 Å². The summed E-state index contributed by atoms with van der Waals surface area (Å²) in [5.41, 5.74) is -0.138. The summed E-state index contributed by atoms with van der Waals surface area (Å²) in [5.74, 6) is -0.390. The fraction of sp³-hybridized carbons (Fsp3) is 0.600. The summed E-state index contributed by atoms with van der Waals surface area (Å²) in [6, 6.07) is 12.1. The zero-order valence-corrected chi connectivity index (χ0v) is 27.6. The van der Waals surface area contributed by atoms with E-state index in [1.165, 1.54) is 4.57 Å². The molecular formula is C35H48N6O5. The van der Waals surface area contributed by atoms with Gasteiger partial charge in [-0.25, -0.2) is 9.78 Å².